The van der Waals surface area contributed by atoms with Gasteiger partial charge in [0.25, 0.3) is 0 Å². The first-order valence-electron chi connectivity index (χ1n) is 10.8. The zero-order chi connectivity index (χ0) is 19.4. The first-order valence-corrected chi connectivity index (χ1v) is 10.8. The molecule has 4 nitrogen and oxygen atoms in total. The van der Waals surface area contributed by atoms with E-state index in [-0.39, 0.29) is 35.0 Å². The minimum absolute atomic E-state index is 0.0621. The number of rotatable bonds is 2. The van der Waals surface area contributed by atoms with Crippen LogP contribution in [0.3, 0.4) is 0 Å². The number of hydrogen-bond donors (Lipinski definition) is 0. The Bertz CT molecular complexity index is 667. The molecule has 27 heavy (non-hydrogen) atoms. The van der Waals surface area contributed by atoms with E-state index in [1.165, 1.54) is 25.3 Å². The Balaban J connectivity index is 1.55. The van der Waals surface area contributed by atoms with Crippen molar-refractivity contribution < 1.29 is 19.1 Å². The van der Waals surface area contributed by atoms with E-state index in [4.69, 9.17) is 9.47 Å². The summed E-state index contributed by atoms with van der Waals surface area (Å²) < 4.78 is 11.3. The van der Waals surface area contributed by atoms with Crippen LogP contribution in [0.1, 0.15) is 79.1 Å². The van der Waals surface area contributed by atoms with Crippen molar-refractivity contribution in [2.45, 2.75) is 91.3 Å². The van der Waals surface area contributed by atoms with Gasteiger partial charge in [0.1, 0.15) is 12.2 Å². The summed E-state index contributed by atoms with van der Waals surface area (Å²) in [5.41, 5.74) is 1.92. The maximum atomic E-state index is 11.6. The minimum Gasteiger partial charge on any atom is -0.462 e. The van der Waals surface area contributed by atoms with Crippen molar-refractivity contribution in [1.29, 1.82) is 0 Å². The molecule has 0 heterocycles. The van der Waals surface area contributed by atoms with Crippen LogP contribution in [0.5, 0.6) is 0 Å². The normalized spacial score (nSPS) is 45.8. The number of carbonyl (C=O) groups excluding carboxylic acids is 2. The summed E-state index contributed by atoms with van der Waals surface area (Å²) in [4.78, 5) is 22.9. The van der Waals surface area contributed by atoms with Crippen LogP contribution in [-0.4, -0.2) is 24.1 Å². The lowest BCUT2D eigenvalue weighted by molar-refractivity contribution is -0.157. The van der Waals surface area contributed by atoms with E-state index in [2.05, 4.69) is 19.9 Å². The predicted octanol–water partition coefficient (Wildman–Crippen LogP) is 4.81. The molecule has 4 aliphatic rings. The van der Waals surface area contributed by atoms with Gasteiger partial charge in [-0.25, -0.2) is 0 Å². The monoisotopic (exact) mass is 374 g/mol. The van der Waals surface area contributed by atoms with Crippen LogP contribution in [0.4, 0.5) is 0 Å². The third-order valence-corrected chi connectivity index (χ3v) is 8.61. The van der Waals surface area contributed by atoms with Crippen molar-refractivity contribution in [3.8, 4) is 0 Å². The quantitative estimate of drug-likeness (QED) is 0.514. The van der Waals surface area contributed by atoms with Gasteiger partial charge in [0, 0.05) is 25.7 Å². The van der Waals surface area contributed by atoms with Crippen LogP contribution in [0.15, 0.2) is 11.6 Å². The average Bonchev–Trinajstić information content (AvgIpc) is 2.91. The molecule has 0 spiro atoms. The van der Waals surface area contributed by atoms with Crippen LogP contribution < -0.4 is 0 Å². The predicted molar refractivity (Wildman–Crippen MR) is 103 cm³/mol. The Morgan fingerprint density at radius 2 is 1.70 bits per heavy atom. The molecule has 3 saturated carbocycles. The maximum Gasteiger partial charge on any atom is 0.302 e. The lowest BCUT2D eigenvalue weighted by Crippen LogP contribution is -2.51. The Kier molecular flexibility index (Phi) is 4.67. The van der Waals surface area contributed by atoms with Gasteiger partial charge in [-0.1, -0.05) is 25.5 Å². The van der Waals surface area contributed by atoms with Gasteiger partial charge in [0.2, 0.25) is 0 Å². The highest BCUT2D eigenvalue weighted by atomic mass is 16.5. The lowest BCUT2D eigenvalue weighted by Gasteiger charge is -2.57. The number of esters is 2. The molecule has 0 saturated heterocycles. The molecule has 0 bridgehead atoms. The van der Waals surface area contributed by atoms with Gasteiger partial charge in [-0.3, -0.25) is 9.59 Å². The fourth-order valence-electron chi connectivity index (χ4n) is 7.31. The van der Waals surface area contributed by atoms with Crippen LogP contribution in [-0.2, 0) is 19.1 Å². The number of hydrogen-bond acceptors (Lipinski definition) is 4. The Morgan fingerprint density at radius 3 is 2.41 bits per heavy atom. The van der Waals surface area contributed by atoms with Gasteiger partial charge in [-0.2, -0.15) is 0 Å². The average molecular weight is 375 g/mol. The van der Waals surface area contributed by atoms with Crippen molar-refractivity contribution in [2.75, 3.05) is 0 Å². The highest BCUT2D eigenvalue weighted by molar-refractivity contribution is 5.66. The van der Waals surface area contributed by atoms with Gasteiger partial charge < -0.3 is 9.47 Å². The third kappa shape index (κ3) is 3.03. The second-order valence-corrected chi connectivity index (χ2v) is 9.95. The maximum absolute atomic E-state index is 11.6. The van der Waals surface area contributed by atoms with Crippen LogP contribution in [0.25, 0.3) is 0 Å². The summed E-state index contributed by atoms with van der Waals surface area (Å²) in [6.45, 7) is 7.88. The largest absolute Gasteiger partial charge is 0.462 e. The SMILES string of the molecule is CC(=O)O[C@H]1CC[C@]2(C)C(=CC[C@H]3[C@H]2CC[C@]2(C)[C@H](OC(C)=O)CC[C@@H]32)C1. The molecule has 7 atom stereocenters. The summed E-state index contributed by atoms with van der Waals surface area (Å²) in [5.74, 6) is 1.77. The zero-order valence-corrected chi connectivity index (χ0v) is 17.3. The summed E-state index contributed by atoms with van der Waals surface area (Å²) >= 11 is 0. The van der Waals surface area contributed by atoms with Crippen LogP contribution in [0.2, 0.25) is 0 Å². The summed E-state index contributed by atoms with van der Waals surface area (Å²) in [6.07, 6.45) is 11.4. The minimum atomic E-state index is -0.159. The summed E-state index contributed by atoms with van der Waals surface area (Å²) in [7, 11) is 0. The van der Waals surface area contributed by atoms with Gasteiger partial charge in [-0.15, -0.1) is 0 Å². The third-order valence-electron chi connectivity index (χ3n) is 8.61. The number of ether oxygens (including phenoxy) is 2. The van der Waals surface area contributed by atoms with Gasteiger partial charge in [0.15, 0.2) is 0 Å². The first-order chi connectivity index (χ1) is 12.7. The molecular formula is C23H34O4. The van der Waals surface area contributed by atoms with E-state index >= 15 is 0 Å². The van der Waals surface area contributed by atoms with Crippen molar-refractivity contribution in [2.24, 2.45) is 28.6 Å². The van der Waals surface area contributed by atoms with Crippen molar-refractivity contribution in [1.82, 2.24) is 0 Å². The summed E-state index contributed by atoms with van der Waals surface area (Å²) in [5, 5.41) is 0. The number of fused-ring (bicyclic) bond motifs is 5. The molecule has 0 amide bonds. The molecule has 0 radical (unpaired) electrons. The fraction of sp³-hybridized carbons (Fsp3) is 0.826. The van der Waals surface area contributed by atoms with Crippen LogP contribution >= 0.6 is 0 Å². The molecule has 0 aromatic rings. The van der Waals surface area contributed by atoms with Crippen LogP contribution in [0, 0.1) is 28.6 Å². The summed E-state index contributed by atoms with van der Waals surface area (Å²) in [6, 6.07) is 0. The molecule has 0 aliphatic heterocycles. The standard InChI is InChI=1S/C23H34O4/c1-14(24)26-17-9-11-22(3)16(13-17)5-6-18-19-7-8-21(27-15(2)25)23(19,4)12-10-20(18)22/h5,17-21H,6-13H2,1-4H3/t17-,18+,19-,20+,21+,22+,23-/m0/s1. The van der Waals surface area contributed by atoms with E-state index in [1.807, 2.05) is 0 Å². The van der Waals surface area contributed by atoms with E-state index < -0.39 is 0 Å². The smallest absolute Gasteiger partial charge is 0.302 e. The molecule has 4 rings (SSSR count). The highest BCUT2D eigenvalue weighted by Crippen LogP contribution is 2.65. The highest BCUT2D eigenvalue weighted by Gasteiger charge is 2.59. The van der Waals surface area contributed by atoms with Gasteiger partial charge in [-0.05, 0) is 68.1 Å². The lowest BCUT2D eigenvalue weighted by atomic mass is 9.48. The molecule has 0 N–H and O–H groups in total. The molecule has 150 valence electrons. The second-order valence-electron chi connectivity index (χ2n) is 9.95. The first kappa shape index (κ1) is 19.0. The fourth-order valence-corrected chi connectivity index (χ4v) is 7.31. The molecule has 3 fully saturated rings. The van der Waals surface area contributed by atoms with E-state index in [0.29, 0.717) is 17.8 Å². The van der Waals surface area contributed by atoms with E-state index in [1.54, 1.807) is 6.92 Å². The molecule has 0 aromatic heterocycles. The van der Waals surface area contributed by atoms with Gasteiger partial charge in [0.05, 0.1) is 0 Å². The Morgan fingerprint density at radius 1 is 0.963 bits per heavy atom. The molecule has 0 unspecified atom stereocenters. The zero-order valence-electron chi connectivity index (χ0n) is 17.3. The molecular weight excluding hydrogens is 340 g/mol. The van der Waals surface area contributed by atoms with Crippen molar-refractivity contribution >= 4 is 11.9 Å². The molecule has 0 aromatic carbocycles. The Hall–Kier alpha value is -1.32. The van der Waals surface area contributed by atoms with Crippen molar-refractivity contribution in [3.05, 3.63) is 11.6 Å². The number of allylic oxidation sites excluding steroid dienone is 1. The molecule has 4 aliphatic carbocycles. The number of carbonyl (C=O) groups is 2. The van der Waals surface area contributed by atoms with Crippen molar-refractivity contribution in [3.63, 3.8) is 0 Å². The Labute approximate surface area is 163 Å². The topological polar surface area (TPSA) is 52.6 Å². The second kappa shape index (κ2) is 6.63. The molecule has 4 heteroatoms. The van der Waals surface area contributed by atoms with Gasteiger partial charge >= 0.3 is 11.9 Å². The van der Waals surface area contributed by atoms with E-state index in [9.17, 15) is 9.59 Å². The van der Waals surface area contributed by atoms with E-state index in [0.717, 1.165) is 38.5 Å².